The standard InChI is InChI=1S/CH108P104/c2-60(3)87(61(4)5)56(88(62(6)7)63(8)9)1(57(89(64(10)11)95(65(12)13)66(14)15)90(96(67(16)17)68(18)19)97(69(20)21)70(22)23,58(91(98(71(24)25)72(26)27)99(73(28)29)74(30)31)92(100(75(32)33)76(34)35)101(77(36)37)78(38)39)59(93(102(79(40)41)80(42)43)103(81(44)45)82(46)47)94(104(83(48)49)84(50)51)105(85(52)53)86(54)55/h2-55H2. The van der Waals surface area contributed by atoms with Gasteiger partial charge in [-0.2, -0.15) is 0 Å². The van der Waals surface area contributed by atoms with Crippen LogP contribution in [0.4, 0.5) is 0 Å². The van der Waals surface area contributed by atoms with Gasteiger partial charge in [-0.25, -0.2) is 0 Å². The average molecular weight is 3340 g/mol. The van der Waals surface area contributed by atoms with Gasteiger partial charge in [-0.15, -0.1) is 482 Å². The fourth-order valence-corrected chi connectivity index (χ4v) is 1370. The van der Waals surface area contributed by atoms with E-state index in [1.54, 1.807) is 0 Å². The summed E-state index contributed by atoms with van der Waals surface area (Å²) < 4.78 is 0.156. The zero-order valence-corrected chi connectivity index (χ0v) is 161. The van der Waals surface area contributed by atoms with Crippen molar-refractivity contribution in [3.05, 3.63) is 0 Å². The number of rotatable bonds is 50. The van der Waals surface area contributed by atoms with Crippen molar-refractivity contribution < 1.29 is 0 Å². The lowest BCUT2D eigenvalue weighted by Crippen LogP contribution is -2.15. The van der Waals surface area contributed by atoms with Gasteiger partial charge in [-0.1, -0.05) is 0 Å². The highest BCUT2D eigenvalue weighted by Gasteiger charge is 2.77. The maximum Gasteiger partial charge on any atom is 0.0860 e. The van der Waals surface area contributed by atoms with E-state index in [0.717, 1.165) is 0 Å². The molecule has 0 saturated carbocycles. The van der Waals surface area contributed by atoms with Crippen molar-refractivity contribution in [2.24, 2.45) is 0 Å². The topological polar surface area (TPSA) is 0 Å². The first-order valence-electron chi connectivity index (χ1n) is 24.0. The predicted octanol–water partition coefficient (Wildman–Crippen LogP) is 60.4. The molecule has 0 N–H and O–H groups in total. The van der Waals surface area contributed by atoms with Crippen LogP contribution in [0, 0.1) is 0 Å². The molecular formula is CH108P104. The van der Waals surface area contributed by atoms with Crippen LogP contribution in [0.15, 0.2) is 0 Å². The van der Waals surface area contributed by atoms with Crippen LogP contribution in [0.25, 0.3) is 0 Å². The highest BCUT2D eigenvalue weighted by atomic mass is 33.5. The van der Waals surface area contributed by atoms with Crippen LogP contribution in [0.1, 0.15) is 0 Å². The molecule has 0 amide bonds. The molecule has 0 aromatic rings. The van der Waals surface area contributed by atoms with E-state index < -0.39 is 351 Å². The van der Waals surface area contributed by atoms with Crippen molar-refractivity contribution in [1.82, 2.24) is 0 Å². The van der Waals surface area contributed by atoms with Gasteiger partial charge in [0.15, 0.2) is 0 Å². The second-order valence-electron chi connectivity index (χ2n) is 17.1. The highest BCUT2D eigenvalue weighted by molar-refractivity contribution is 9.49. The van der Waals surface area contributed by atoms with E-state index in [1.807, 2.05) is 0 Å². The fourth-order valence-electron chi connectivity index (χ4n) is 7.08. The van der Waals surface area contributed by atoms with Gasteiger partial charge in [0.05, 0.1) is 4.38 Å². The highest BCUT2D eigenvalue weighted by Crippen LogP contribution is 3.52. The zero-order valence-electron chi connectivity index (χ0n) is 54.0. The molecule has 632 valence electrons. The normalized spacial score (nSPS) is 15.4. The van der Waals surface area contributed by atoms with E-state index in [2.05, 4.69) is 482 Å². The van der Waals surface area contributed by atoms with Crippen LogP contribution in [0.5, 0.6) is 0 Å². The molecule has 0 rings (SSSR count). The minimum absolute atomic E-state index is 0.156. The van der Waals surface area contributed by atoms with Gasteiger partial charge >= 0.3 is 0 Å². The molecule has 0 nitrogen and oxygen atoms in total. The van der Waals surface area contributed by atoms with Crippen LogP contribution in [0.3, 0.4) is 0 Å². The van der Waals surface area contributed by atoms with Gasteiger partial charge in [0, 0.05) is 0 Å². The molecule has 0 aromatic carbocycles. The van der Waals surface area contributed by atoms with Gasteiger partial charge in [0.2, 0.25) is 0 Å². The summed E-state index contributed by atoms with van der Waals surface area (Å²) in [5.41, 5.74) is 0. The third-order valence-electron chi connectivity index (χ3n) is 9.77. The lowest BCUT2D eigenvalue weighted by molar-refractivity contribution is 1.87. The molecule has 105 heavy (non-hydrogen) atoms. The van der Waals surface area contributed by atoms with Gasteiger partial charge < -0.3 is 0 Å². The first-order chi connectivity index (χ1) is 47.7. The molecule has 56 unspecified atom stereocenters. The summed E-state index contributed by atoms with van der Waals surface area (Å²) in [5, 5.41) is 0. The van der Waals surface area contributed by atoms with Gasteiger partial charge in [0.25, 0.3) is 0 Å². The van der Waals surface area contributed by atoms with Crippen molar-refractivity contribution in [3.8, 4) is 0 Å². The summed E-state index contributed by atoms with van der Waals surface area (Å²) in [6.07, 6.45) is 0. The van der Waals surface area contributed by atoms with Crippen LogP contribution in [0.2, 0.25) is 0 Å². The second kappa shape index (κ2) is 80.6. The lowest BCUT2D eigenvalue weighted by atomic mass is 11.8. The van der Waals surface area contributed by atoms with E-state index in [1.165, 1.54) is 0 Å². The second-order valence-corrected chi connectivity index (χ2v) is 437. The smallest absolute Gasteiger partial charge is 0.0860 e. The largest absolute Gasteiger partial charge is 0.102 e. The van der Waals surface area contributed by atoms with Gasteiger partial charge in [-0.05, 0) is 351 Å². The van der Waals surface area contributed by atoms with Crippen LogP contribution in [-0.4, -0.2) is 4.38 Å². The SMILES string of the molecule is PP(P)P(P(P)P)P(P(P)P)P(P(P(P(P)P)P(P)P)P(P(P)P)P(P)P)C(P(P(P(P)P)P(P)P)P(P(P)P)P(P)P)(P(P(P(P(P)P)P(P)P)P(P(P)P)P(P)P)P(P(P(P)P)P(P)P)P(P(P)P)P(P)P)P(P(P(P(P)P)P(P)P)P(P(P)P)P(P)P)P(P(P(P)P)P(P)P)P(P(P)P)P(P)P. The molecule has 0 saturated heterocycles. The molecule has 0 aliphatic heterocycles. The Morgan fingerprint density at radius 3 is 0.229 bits per heavy atom. The Balaban J connectivity index is 16.1. The lowest BCUT2D eigenvalue weighted by Gasteiger charge is -2.72. The molecule has 0 spiro atoms. The predicted molar refractivity (Wildman–Crippen MR) is 873 cm³/mol. The van der Waals surface area contributed by atoms with E-state index >= 15 is 0 Å². The fraction of sp³-hybridized carbons (Fsp3) is 1.00. The van der Waals surface area contributed by atoms with Gasteiger partial charge in [-0.3, -0.25) is 0 Å². The summed E-state index contributed by atoms with van der Waals surface area (Å²) >= 11 is 0. The average Bonchev–Trinajstić information content (AvgIpc) is 3.41. The van der Waals surface area contributed by atoms with Crippen LogP contribution >= 0.6 is 833 Å². The molecule has 104 heteroatoms. The summed E-state index contributed by atoms with van der Waals surface area (Å²) in [6, 6.07) is 0. The number of hydrogen-bond acceptors (Lipinski definition) is 0. The third-order valence-corrected chi connectivity index (χ3v) is 694. The van der Waals surface area contributed by atoms with Crippen LogP contribution in [-0.2, 0) is 0 Å². The molecule has 0 fully saturated rings. The molecular weight excluding hydrogens is 3230 g/mol. The summed E-state index contributed by atoms with van der Waals surface area (Å²) in [4.78, 5) is 0. The minimum atomic E-state index is -0.845. The Kier molecular flexibility index (Phi) is 115. The summed E-state index contributed by atoms with van der Waals surface area (Å²) in [7, 11) is 206. The summed E-state index contributed by atoms with van der Waals surface area (Å²) in [6.45, 7) is -25.5. The Bertz CT molecular complexity index is 1820. The maximum atomic E-state index is 4.06. The Hall–Kier alpha value is 44.7. The Morgan fingerprint density at radius 1 is 0.0762 bits per heavy atom. The molecule has 0 bridgehead atoms. The quantitative estimate of drug-likeness (QED) is 0.0533. The number of hydrogen-bond donors (Lipinski definition) is 0. The van der Waals surface area contributed by atoms with E-state index in [-0.39, 0.29) is 4.38 Å². The monoisotopic (exact) mass is 3340 g/mol. The first-order valence-corrected chi connectivity index (χ1v) is 211. The van der Waals surface area contributed by atoms with Gasteiger partial charge in [0.1, 0.15) is 0 Å². The Labute approximate surface area is 823 Å². The minimum Gasteiger partial charge on any atom is -0.102 e. The van der Waals surface area contributed by atoms with Crippen molar-refractivity contribution in [2.45, 2.75) is 4.38 Å². The zero-order chi connectivity index (χ0) is 83.4. The first kappa shape index (κ1) is 150. The maximum absolute atomic E-state index is 4.06. The van der Waals surface area contributed by atoms with Crippen molar-refractivity contribution in [3.63, 3.8) is 0 Å². The molecule has 0 aliphatic rings. The Morgan fingerprint density at radius 2 is 0.143 bits per heavy atom. The molecule has 56 atom stereocenters. The van der Waals surface area contributed by atoms with Crippen molar-refractivity contribution in [1.29, 1.82) is 0 Å². The molecule has 0 radical (unpaired) electrons. The van der Waals surface area contributed by atoms with E-state index in [0.29, 0.717) is 0 Å². The molecule has 0 aromatic heterocycles. The summed E-state index contributed by atoms with van der Waals surface area (Å²) in [5.74, 6) is 0. The van der Waals surface area contributed by atoms with Crippen LogP contribution < -0.4 is 0 Å². The van der Waals surface area contributed by atoms with Crippen molar-refractivity contribution >= 4 is 833 Å². The van der Waals surface area contributed by atoms with E-state index in [9.17, 15) is 0 Å². The van der Waals surface area contributed by atoms with E-state index in [4.69, 9.17) is 0 Å². The molecule has 0 heterocycles. The van der Waals surface area contributed by atoms with Crippen molar-refractivity contribution in [2.75, 3.05) is 0 Å². The third kappa shape index (κ3) is 50.1. The molecule has 0 aliphatic carbocycles.